The average Bonchev–Trinajstić information content (AvgIpc) is 2.81. The molecule has 3 aromatic rings. The van der Waals surface area contributed by atoms with Gasteiger partial charge in [0.25, 0.3) is 0 Å². The predicted octanol–water partition coefficient (Wildman–Crippen LogP) is 6.50. The molecule has 2 aliphatic rings. The molecule has 2 aliphatic carbocycles. The molecule has 0 fully saturated rings. The number of nitrogens with one attached hydrogen (secondary N) is 1. The summed E-state index contributed by atoms with van der Waals surface area (Å²) in [6.45, 7) is 2.88. The highest BCUT2D eigenvalue weighted by Crippen LogP contribution is 2.42. The van der Waals surface area contributed by atoms with Gasteiger partial charge in [-0.2, -0.15) is 0 Å². The highest BCUT2D eigenvalue weighted by atomic mass is 16.5. The Labute approximate surface area is 182 Å². The first-order valence-corrected chi connectivity index (χ1v) is 10.7. The Morgan fingerprint density at radius 3 is 2.71 bits per heavy atom. The summed E-state index contributed by atoms with van der Waals surface area (Å²) in [6.07, 6.45) is 11.1. The number of hydrogen-bond acceptors (Lipinski definition) is 3. The summed E-state index contributed by atoms with van der Waals surface area (Å²) in [4.78, 5) is 11.6. The van der Waals surface area contributed by atoms with Crippen molar-refractivity contribution in [1.82, 2.24) is 0 Å². The van der Waals surface area contributed by atoms with Crippen LogP contribution in [0.5, 0.6) is 0 Å². The van der Waals surface area contributed by atoms with Gasteiger partial charge in [-0.15, -0.1) is 0 Å². The van der Waals surface area contributed by atoms with Crippen LogP contribution in [0.1, 0.15) is 46.0 Å². The van der Waals surface area contributed by atoms with E-state index in [1.165, 1.54) is 51.4 Å². The van der Waals surface area contributed by atoms with Crippen LogP contribution in [-0.2, 0) is 11.2 Å². The van der Waals surface area contributed by atoms with Crippen LogP contribution in [0.4, 0.5) is 5.69 Å². The molecular formula is C28H25NO2. The van der Waals surface area contributed by atoms with Crippen molar-refractivity contribution in [3.8, 4) is 0 Å². The molecule has 0 saturated carbocycles. The van der Waals surface area contributed by atoms with E-state index in [2.05, 4.69) is 60.8 Å². The maximum absolute atomic E-state index is 11.6. The number of carbonyl (C=O) groups is 1. The first-order valence-electron chi connectivity index (χ1n) is 10.7. The van der Waals surface area contributed by atoms with E-state index in [1.54, 1.807) is 12.1 Å². The summed E-state index contributed by atoms with van der Waals surface area (Å²) < 4.78 is 4.76. The molecule has 0 spiro atoms. The molecule has 0 aliphatic heterocycles. The van der Waals surface area contributed by atoms with Gasteiger partial charge in [-0.3, -0.25) is 0 Å². The number of methoxy groups -OCH3 is 1. The number of benzene rings is 3. The number of rotatable bonds is 5. The smallest absolute Gasteiger partial charge is 0.337 e. The number of allylic oxidation sites excluding steroid dienone is 3. The first-order chi connectivity index (χ1) is 15.1. The molecule has 0 bridgehead atoms. The Morgan fingerprint density at radius 2 is 1.90 bits per heavy atom. The Hall–Kier alpha value is -3.59. The third kappa shape index (κ3) is 3.57. The Kier molecular flexibility index (Phi) is 4.95. The minimum atomic E-state index is -0.312. The number of esters is 1. The molecule has 0 aromatic heterocycles. The maximum Gasteiger partial charge on any atom is 0.337 e. The largest absolute Gasteiger partial charge is 0.465 e. The molecule has 3 heteroatoms. The fourth-order valence-corrected chi connectivity index (χ4v) is 4.58. The summed E-state index contributed by atoms with van der Waals surface area (Å²) >= 11 is 0. The lowest BCUT2D eigenvalue weighted by molar-refractivity contribution is 0.0600. The van der Waals surface area contributed by atoms with Crippen LogP contribution in [0.2, 0.25) is 0 Å². The van der Waals surface area contributed by atoms with Crippen molar-refractivity contribution in [2.24, 2.45) is 0 Å². The minimum absolute atomic E-state index is 0.312. The van der Waals surface area contributed by atoms with E-state index in [9.17, 15) is 4.79 Å². The van der Waals surface area contributed by atoms with Gasteiger partial charge in [0.15, 0.2) is 0 Å². The van der Waals surface area contributed by atoms with Gasteiger partial charge in [0.2, 0.25) is 0 Å². The fourth-order valence-electron chi connectivity index (χ4n) is 4.58. The van der Waals surface area contributed by atoms with Crippen molar-refractivity contribution in [2.45, 2.75) is 19.8 Å². The van der Waals surface area contributed by atoms with E-state index in [1.807, 2.05) is 12.1 Å². The summed E-state index contributed by atoms with van der Waals surface area (Å²) in [6, 6.07) is 16.5. The van der Waals surface area contributed by atoms with Crippen molar-refractivity contribution < 1.29 is 9.53 Å². The summed E-state index contributed by atoms with van der Waals surface area (Å²) in [7, 11) is 1.40. The number of ether oxygens (including phenoxy) is 1. The molecule has 154 valence electrons. The van der Waals surface area contributed by atoms with E-state index in [0.717, 1.165) is 24.9 Å². The van der Waals surface area contributed by atoms with Gasteiger partial charge in [-0.05, 0) is 71.2 Å². The number of carbonyl (C=O) groups excluding carboxylic acids is 1. The second-order valence-electron chi connectivity index (χ2n) is 8.22. The van der Waals surface area contributed by atoms with Crippen molar-refractivity contribution in [2.75, 3.05) is 19.0 Å². The maximum atomic E-state index is 11.6. The quantitative estimate of drug-likeness (QED) is 0.491. The van der Waals surface area contributed by atoms with E-state index < -0.39 is 0 Å². The standard InChI is InChI=1S/C28H25NO2/c1-18(16-19-6-8-23(9-7-19)28(30)31-2)17-29-25-15-13-22-11-10-20-4-3-5-21-12-14-24(25)27(22)26(20)21/h3,5-10,12-16,29H,4,11,17H2,1-2H3/b18-16+. The number of hydrogen-bond donors (Lipinski definition) is 1. The molecule has 0 unspecified atom stereocenters. The molecule has 0 heterocycles. The van der Waals surface area contributed by atoms with Gasteiger partial charge in [-0.25, -0.2) is 4.79 Å². The van der Waals surface area contributed by atoms with Crippen LogP contribution < -0.4 is 5.32 Å². The topological polar surface area (TPSA) is 38.3 Å². The molecule has 0 radical (unpaired) electrons. The molecule has 0 saturated heterocycles. The fraction of sp³-hybridized carbons (Fsp3) is 0.179. The lowest BCUT2D eigenvalue weighted by atomic mass is 9.81. The third-order valence-electron chi connectivity index (χ3n) is 6.13. The van der Waals surface area contributed by atoms with Crippen LogP contribution >= 0.6 is 0 Å². The molecule has 5 rings (SSSR count). The van der Waals surface area contributed by atoms with Crippen LogP contribution in [0, 0.1) is 0 Å². The Bertz CT molecular complexity index is 1280. The van der Waals surface area contributed by atoms with Gasteiger partial charge in [-0.1, -0.05) is 60.2 Å². The zero-order chi connectivity index (χ0) is 21.4. The molecular weight excluding hydrogens is 382 g/mol. The summed E-state index contributed by atoms with van der Waals surface area (Å²) in [5, 5.41) is 6.34. The average molecular weight is 408 g/mol. The van der Waals surface area contributed by atoms with Gasteiger partial charge in [0, 0.05) is 17.6 Å². The zero-order valence-electron chi connectivity index (χ0n) is 17.9. The molecule has 0 atom stereocenters. The van der Waals surface area contributed by atoms with E-state index >= 15 is 0 Å². The van der Waals surface area contributed by atoms with Crippen LogP contribution in [0.15, 0.2) is 66.3 Å². The van der Waals surface area contributed by atoms with Crippen LogP contribution in [-0.4, -0.2) is 19.6 Å². The van der Waals surface area contributed by atoms with E-state index in [4.69, 9.17) is 4.74 Å². The van der Waals surface area contributed by atoms with Gasteiger partial charge in [0.05, 0.1) is 12.7 Å². The highest BCUT2D eigenvalue weighted by molar-refractivity contribution is 6.07. The first kappa shape index (κ1) is 19.4. The van der Waals surface area contributed by atoms with Crippen molar-refractivity contribution in [1.29, 1.82) is 0 Å². The van der Waals surface area contributed by atoms with Crippen molar-refractivity contribution in [3.05, 3.63) is 94.1 Å². The van der Waals surface area contributed by atoms with E-state index in [0.29, 0.717) is 5.56 Å². The molecule has 3 nitrogen and oxygen atoms in total. The molecule has 1 N–H and O–H groups in total. The predicted molar refractivity (Wildman–Crippen MR) is 129 cm³/mol. The highest BCUT2D eigenvalue weighted by Gasteiger charge is 2.20. The zero-order valence-corrected chi connectivity index (χ0v) is 17.9. The Morgan fingerprint density at radius 1 is 1.06 bits per heavy atom. The molecule has 0 amide bonds. The normalized spacial score (nSPS) is 14.4. The third-order valence-corrected chi connectivity index (χ3v) is 6.13. The van der Waals surface area contributed by atoms with E-state index in [-0.39, 0.29) is 5.97 Å². The van der Waals surface area contributed by atoms with Crippen LogP contribution in [0.3, 0.4) is 0 Å². The van der Waals surface area contributed by atoms with Gasteiger partial charge in [0.1, 0.15) is 0 Å². The molecule has 3 aromatic carbocycles. The van der Waals surface area contributed by atoms with Crippen LogP contribution in [0.25, 0.3) is 28.5 Å². The SMILES string of the molecule is COC(=O)c1ccc(/C=C(\C)CNc2ccc3c4c5c(ccc24)C=CCC5=CC3)cc1. The number of anilines is 1. The second kappa shape index (κ2) is 7.92. The minimum Gasteiger partial charge on any atom is -0.465 e. The van der Waals surface area contributed by atoms with Crippen molar-refractivity contribution in [3.63, 3.8) is 0 Å². The monoisotopic (exact) mass is 407 g/mol. The second-order valence-corrected chi connectivity index (χ2v) is 8.22. The summed E-state index contributed by atoms with van der Waals surface area (Å²) in [5.41, 5.74) is 9.64. The van der Waals surface area contributed by atoms with Crippen molar-refractivity contribution >= 4 is 40.2 Å². The Balaban J connectivity index is 1.39. The summed E-state index contributed by atoms with van der Waals surface area (Å²) in [5.74, 6) is -0.312. The molecule has 31 heavy (non-hydrogen) atoms. The van der Waals surface area contributed by atoms with Gasteiger partial charge >= 0.3 is 5.97 Å². The lowest BCUT2D eigenvalue weighted by Gasteiger charge is -2.24. The van der Waals surface area contributed by atoms with Gasteiger partial charge < -0.3 is 10.1 Å². The lowest BCUT2D eigenvalue weighted by Crippen LogP contribution is -2.07.